The second-order valence-electron chi connectivity index (χ2n) is 5.02. The number of hydrogen-bond acceptors (Lipinski definition) is 3. The van der Waals surface area contributed by atoms with E-state index in [0.717, 1.165) is 19.4 Å². The molecule has 21 heavy (non-hydrogen) atoms. The minimum absolute atomic E-state index is 0.000921. The summed E-state index contributed by atoms with van der Waals surface area (Å²) in [7, 11) is 0. The molecule has 0 aliphatic carbocycles. The molecule has 1 saturated heterocycles. The fourth-order valence-corrected chi connectivity index (χ4v) is 2.18. The van der Waals surface area contributed by atoms with Gasteiger partial charge in [0.1, 0.15) is 17.5 Å². The van der Waals surface area contributed by atoms with E-state index >= 15 is 0 Å². The molecule has 1 amide bonds. The van der Waals surface area contributed by atoms with Crippen LogP contribution in [0.1, 0.15) is 24.0 Å². The molecule has 1 aromatic carbocycles. The van der Waals surface area contributed by atoms with Crippen LogP contribution in [-0.4, -0.2) is 25.2 Å². The Hall–Kier alpha value is -2.19. The van der Waals surface area contributed by atoms with Crippen LogP contribution in [0, 0.1) is 24.1 Å². The number of carbonyl (C=O) groups excluding carboxylic acids is 1. The summed E-state index contributed by atoms with van der Waals surface area (Å²) in [6.45, 7) is 2.76. The number of carbonyl (C=O) groups is 1. The summed E-state index contributed by atoms with van der Waals surface area (Å²) in [4.78, 5) is 12.0. The number of nitrogens with zero attached hydrogens (tertiary/aromatic N) is 1. The van der Waals surface area contributed by atoms with Crippen molar-refractivity contribution in [1.82, 2.24) is 5.32 Å². The van der Waals surface area contributed by atoms with Crippen molar-refractivity contribution in [3.05, 3.63) is 40.7 Å². The summed E-state index contributed by atoms with van der Waals surface area (Å²) in [5.74, 6) is -0.747. The molecular weight excluding hydrogens is 271 g/mol. The number of nitrogens with one attached hydrogen (secondary N) is 1. The van der Waals surface area contributed by atoms with Crippen molar-refractivity contribution in [2.75, 3.05) is 13.2 Å². The van der Waals surface area contributed by atoms with E-state index in [1.54, 1.807) is 13.0 Å². The van der Waals surface area contributed by atoms with E-state index in [1.807, 2.05) is 6.07 Å². The number of amides is 1. The van der Waals surface area contributed by atoms with Gasteiger partial charge < -0.3 is 10.1 Å². The first-order chi connectivity index (χ1) is 10.1. The third kappa shape index (κ3) is 4.14. The van der Waals surface area contributed by atoms with Crippen LogP contribution >= 0.6 is 0 Å². The molecule has 0 spiro atoms. The Labute approximate surface area is 123 Å². The Morgan fingerprint density at radius 1 is 1.62 bits per heavy atom. The fraction of sp³-hybridized carbons (Fsp3) is 0.375. The first-order valence-corrected chi connectivity index (χ1v) is 6.88. The molecule has 0 unspecified atom stereocenters. The summed E-state index contributed by atoms with van der Waals surface area (Å²) in [6, 6.07) is 6.33. The normalized spacial score (nSPS) is 18.3. The number of nitriles is 1. The summed E-state index contributed by atoms with van der Waals surface area (Å²) in [5, 5.41) is 11.8. The molecule has 110 valence electrons. The van der Waals surface area contributed by atoms with Gasteiger partial charge in [-0.25, -0.2) is 4.39 Å². The Bertz CT molecular complexity index is 599. The molecule has 1 fully saturated rings. The molecule has 1 atom stereocenters. The number of ether oxygens (including phenoxy) is 1. The van der Waals surface area contributed by atoms with Crippen LogP contribution < -0.4 is 5.32 Å². The van der Waals surface area contributed by atoms with Gasteiger partial charge >= 0.3 is 0 Å². The molecule has 1 aliphatic heterocycles. The number of hydrogen-bond donors (Lipinski definition) is 1. The molecule has 4 nitrogen and oxygen atoms in total. The van der Waals surface area contributed by atoms with Gasteiger partial charge in [-0.2, -0.15) is 5.26 Å². The van der Waals surface area contributed by atoms with Gasteiger partial charge in [-0.15, -0.1) is 0 Å². The summed E-state index contributed by atoms with van der Waals surface area (Å²) in [6.07, 6.45) is 3.40. The van der Waals surface area contributed by atoms with Gasteiger partial charge in [0.15, 0.2) is 0 Å². The third-order valence-corrected chi connectivity index (χ3v) is 3.37. The molecule has 0 bridgehead atoms. The lowest BCUT2D eigenvalue weighted by Crippen LogP contribution is -2.32. The van der Waals surface area contributed by atoms with Gasteiger partial charge in [-0.1, -0.05) is 6.07 Å². The maximum Gasteiger partial charge on any atom is 0.262 e. The van der Waals surface area contributed by atoms with Gasteiger partial charge in [0.25, 0.3) is 5.91 Å². The molecule has 5 heteroatoms. The largest absolute Gasteiger partial charge is 0.376 e. The van der Waals surface area contributed by atoms with E-state index < -0.39 is 5.91 Å². The van der Waals surface area contributed by atoms with Crippen LogP contribution in [0.25, 0.3) is 6.08 Å². The average Bonchev–Trinajstić information content (AvgIpc) is 2.99. The van der Waals surface area contributed by atoms with Crippen molar-refractivity contribution < 1.29 is 13.9 Å². The van der Waals surface area contributed by atoms with Gasteiger partial charge in [-0.3, -0.25) is 4.79 Å². The maximum atomic E-state index is 13.2. The van der Waals surface area contributed by atoms with Crippen molar-refractivity contribution in [2.24, 2.45) is 0 Å². The van der Waals surface area contributed by atoms with Crippen LogP contribution in [0.2, 0.25) is 0 Å². The van der Waals surface area contributed by atoms with Gasteiger partial charge in [0, 0.05) is 13.2 Å². The van der Waals surface area contributed by atoms with E-state index in [-0.39, 0.29) is 17.5 Å². The van der Waals surface area contributed by atoms with Gasteiger partial charge in [0.05, 0.1) is 6.10 Å². The lowest BCUT2D eigenvalue weighted by molar-refractivity contribution is -0.117. The number of benzene rings is 1. The predicted octanol–water partition coefficient (Wildman–Crippen LogP) is 2.34. The van der Waals surface area contributed by atoms with Crippen molar-refractivity contribution in [3.8, 4) is 6.07 Å². The maximum absolute atomic E-state index is 13.2. The Morgan fingerprint density at radius 3 is 3.05 bits per heavy atom. The first kappa shape index (κ1) is 15.2. The second kappa shape index (κ2) is 7.00. The zero-order valence-electron chi connectivity index (χ0n) is 11.9. The first-order valence-electron chi connectivity index (χ1n) is 6.88. The molecule has 1 aromatic rings. The second-order valence-corrected chi connectivity index (χ2v) is 5.02. The zero-order valence-corrected chi connectivity index (χ0v) is 11.9. The van der Waals surface area contributed by atoms with Crippen LogP contribution in [-0.2, 0) is 9.53 Å². The highest BCUT2D eigenvalue weighted by molar-refractivity contribution is 6.01. The molecule has 0 saturated carbocycles. The monoisotopic (exact) mass is 288 g/mol. The van der Waals surface area contributed by atoms with Crippen LogP contribution in [0.15, 0.2) is 23.8 Å². The lowest BCUT2D eigenvalue weighted by atomic mass is 10.1. The molecule has 1 aliphatic rings. The molecule has 0 aromatic heterocycles. The Kier molecular flexibility index (Phi) is 5.07. The highest BCUT2D eigenvalue weighted by Gasteiger charge is 2.17. The minimum Gasteiger partial charge on any atom is -0.376 e. The predicted molar refractivity (Wildman–Crippen MR) is 76.7 cm³/mol. The van der Waals surface area contributed by atoms with Crippen molar-refractivity contribution >= 4 is 12.0 Å². The van der Waals surface area contributed by atoms with Crippen LogP contribution in [0.3, 0.4) is 0 Å². The topological polar surface area (TPSA) is 62.1 Å². The average molecular weight is 288 g/mol. The minimum atomic E-state index is -0.435. The lowest BCUT2D eigenvalue weighted by Gasteiger charge is -2.10. The SMILES string of the molecule is Cc1cc(/C=C(\C#N)C(=O)NC[C@H]2CCCO2)ccc1F. The fourth-order valence-electron chi connectivity index (χ4n) is 2.18. The summed E-state index contributed by atoms with van der Waals surface area (Å²) >= 11 is 0. The van der Waals surface area contributed by atoms with Crippen LogP contribution in [0.5, 0.6) is 0 Å². The molecule has 1 N–H and O–H groups in total. The van der Waals surface area contributed by atoms with Crippen molar-refractivity contribution in [1.29, 1.82) is 5.26 Å². The van der Waals surface area contributed by atoms with Crippen molar-refractivity contribution in [2.45, 2.75) is 25.9 Å². The highest BCUT2D eigenvalue weighted by Crippen LogP contribution is 2.13. The molecule has 1 heterocycles. The van der Waals surface area contributed by atoms with E-state index in [4.69, 9.17) is 10.00 Å². The van der Waals surface area contributed by atoms with Crippen molar-refractivity contribution in [3.63, 3.8) is 0 Å². The van der Waals surface area contributed by atoms with E-state index in [1.165, 1.54) is 18.2 Å². The number of rotatable bonds is 4. The summed E-state index contributed by atoms with van der Waals surface area (Å²) in [5.41, 5.74) is 1.09. The smallest absolute Gasteiger partial charge is 0.262 e. The van der Waals surface area contributed by atoms with E-state index in [0.29, 0.717) is 17.7 Å². The van der Waals surface area contributed by atoms with Crippen LogP contribution in [0.4, 0.5) is 4.39 Å². The molecule has 0 radical (unpaired) electrons. The quantitative estimate of drug-likeness (QED) is 0.683. The Morgan fingerprint density at radius 2 is 2.43 bits per heavy atom. The Balaban J connectivity index is 2.03. The van der Waals surface area contributed by atoms with Gasteiger partial charge in [-0.05, 0) is 49.1 Å². The number of halogens is 1. The molecular formula is C16H17FN2O2. The summed E-state index contributed by atoms with van der Waals surface area (Å²) < 4.78 is 18.6. The third-order valence-electron chi connectivity index (χ3n) is 3.37. The van der Waals surface area contributed by atoms with Gasteiger partial charge in [0.2, 0.25) is 0 Å². The zero-order chi connectivity index (χ0) is 15.2. The number of aryl methyl sites for hydroxylation is 1. The van der Waals surface area contributed by atoms with E-state index in [9.17, 15) is 9.18 Å². The standard InChI is InChI=1S/C16H17FN2O2/c1-11-7-12(4-5-15(11)17)8-13(9-18)16(20)19-10-14-3-2-6-21-14/h4-5,7-8,14H,2-3,6,10H2,1H3,(H,19,20)/b13-8+/t14-/m1/s1. The highest BCUT2D eigenvalue weighted by atomic mass is 19.1. The van der Waals surface area contributed by atoms with E-state index in [2.05, 4.69) is 5.32 Å². The molecule has 2 rings (SSSR count).